The van der Waals surface area contributed by atoms with Crippen LogP contribution in [0.3, 0.4) is 0 Å². The minimum absolute atomic E-state index is 0.110. The molecule has 1 heterocycles. The van der Waals surface area contributed by atoms with Gasteiger partial charge in [-0.05, 0) is 29.8 Å². The summed E-state index contributed by atoms with van der Waals surface area (Å²) in [5.41, 5.74) is 2.45. The minimum atomic E-state index is -0.504. The van der Waals surface area contributed by atoms with Crippen LogP contribution in [0.15, 0.2) is 42.5 Å². The zero-order valence-electron chi connectivity index (χ0n) is 11.1. The lowest BCUT2D eigenvalue weighted by Gasteiger charge is -2.13. The first-order chi connectivity index (χ1) is 10.2. The summed E-state index contributed by atoms with van der Waals surface area (Å²) in [6, 6.07) is 12.9. The third-order valence-electron chi connectivity index (χ3n) is 3.45. The minimum Gasteiger partial charge on any atom is -0.373 e. The fourth-order valence-corrected chi connectivity index (χ4v) is 2.39. The van der Waals surface area contributed by atoms with Gasteiger partial charge in [-0.3, -0.25) is 4.79 Å². The third kappa shape index (κ3) is 2.56. The van der Waals surface area contributed by atoms with Crippen molar-refractivity contribution in [3.8, 4) is 6.07 Å². The predicted molar refractivity (Wildman–Crippen MR) is 77.3 cm³/mol. The first-order valence-electron chi connectivity index (χ1n) is 6.52. The highest BCUT2D eigenvalue weighted by molar-refractivity contribution is 5.98. The number of nitrogens with zero attached hydrogens (tertiary/aromatic N) is 1. The molecule has 2 aromatic carbocycles. The highest BCUT2D eigenvalue weighted by atomic mass is 19.1. The Balaban J connectivity index is 1.76. The molecule has 2 aromatic rings. The highest BCUT2D eigenvalue weighted by Gasteiger charge is 2.26. The van der Waals surface area contributed by atoms with Gasteiger partial charge in [0.2, 0.25) is 5.91 Å². The predicted octanol–water partition coefficient (Wildman–Crippen LogP) is 2.67. The Bertz CT molecular complexity index is 726. The molecule has 0 spiro atoms. The molecule has 4 nitrogen and oxygen atoms in total. The van der Waals surface area contributed by atoms with Gasteiger partial charge in [-0.1, -0.05) is 18.2 Å². The maximum Gasteiger partial charge on any atom is 0.247 e. The van der Waals surface area contributed by atoms with Crippen LogP contribution in [0, 0.1) is 17.1 Å². The SMILES string of the molecule is N#Cc1cc(F)ccc1NC(=O)[C@@H]1Cc2ccccc2N1. The van der Waals surface area contributed by atoms with Crippen molar-refractivity contribution in [2.45, 2.75) is 12.5 Å². The first-order valence-corrected chi connectivity index (χ1v) is 6.52. The molecule has 5 heteroatoms. The largest absolute Gasteiger partial charge is 0.373 e. The summed E-state index contributed by atoms with van der Waals surface area (Å²) in [6.45, 7) is 0. The molecule has 0 bridgehead atoms. The number of nitrogens with one attached hydrogen (secondary N) is 2. The summed E-state index contributed by atoms with van der Waals surface area (Å²) >= 11 is 0. The van der Waals surface area contributed by atoms with Crippen LogP contribution in [-0.2, 0) is 11.2 Å². The second kappa shape index (κ2) is 5.25. The summed E-state index contributed by atoms with van der Waals surface area (Å²) in [4.78, 5) is 12.3. The molecule has 2 N–H and O–H groups in total. The van der Waals surface area contributed by atoms with E-state index in [0.29, 0.717) is 12.1 Å². The fourth-order valence-electron chi connectivity index (χ4n) is 2.39. The zero-order chi connectivity index (χ0) is 14.8. The molecule has 1 aliphatic rings. The fraction of sp³-hybridized carbons (Fsp3) is 0.125. The van der Waals surface area contributed by atoms with Gasteiger partial charge in [-0.2, -0.15) is 5.26 Å². The van der Waals surface area contributed by atoms with Crippen LogP contribution < -0.4 is 10.6 Å². The van der Waals surface area contributed by atoms with Gasteiger partial charge in [0.25, 0.3) is 0 Å². The van der Waals surface area contributed by atoms with Crippen molar-refractivity contribution in [1.29, 1.82) is 5.26 Å². The van der Waals surface area contributed by atoms with E-state index in [4.69, 9.17) is 5.26 Å². The summed E-state index contributed by atoms with van der Waals surface area (Å²) in [7, 11) is 0. The molecule has 1 amide bonds. The number of hydrogen-bond acceptors (Lipinski definition) is 3. The number of rotatable bonds is 2. The topological polar surface area (TPSA) is 64.9 Å². The maximum atomic E-state index is 13.1. The van der Waals surface area contributed by atoms with Gasteiger partial charge in [-0.25, -0.2) is 4.39 Å². The van der Waals surface area contributed by atoms with Crippen molar-refractivity contribution >= 4 is 17.3 Å². The van der Waals surface area contributed by atoms with Crippen molar-refractivity contribution in [3.05, 3.63) is 59.4 Å². The van der Waals surface area contributed by atoms with E-state index in [2.05, 4.69) is 10.6 Å². The van der Waals surface area contributed by atoms with Gasteiger partial charge in [0.15, 0.2) is 0 Å². The average molecular weight is 281 g/mol. The smallest absolute Gasteiger partial charge is 0.247 e. The molecule has 0 unspecified atom stereocenters. The Kier molecular flexibility index (Phi) is 3.28. The molecule has 0 aromatic heterocycles. The summed E-state index contributed by atoms with van der Waals surface area (Å²) in [5.74, 6) is -0.745. The van der Waals surface area contributed by atoms with Crippen molar-refractivity contribution < 1.29 is 9.18 Å². The Morgan fingerprint density at radius 3 is 2.90 bits per heavy atom. The van der Waals surface area contributed by atoms with E-state index < -0.39 is 5.82 Å². The molecule has 21 heavy (non-hydrogen) atoms. The van der Waals surface area contributed by atoms with Gasteiger partial charge < -0.3 is 10.6 Å². The van der Waals surface area contributed by atoms with E-state index in [-0.39, 0.29) is 17.5 Å². The molecule has 0 saturated heterocycles. The van der Waals surface area contributed by atoms with E-state index in [1.165, 1.54) is 12.1 Å². The van der Waals surface area contributed by atoms with Crippen LogP contribution in [0.1, 0.15) is 11.1 Å². The standard InChI is InChI=1S/C16H12FN3O/c17-12-5-6-14(11(7-12)9-18)20-16(21)15-8-10-3-1-2-4-13(10)19-15/h1-7,15,19H,8H2,(H,20,21)/t15-/m0/s1. The van der Waals surface area contributed by atoms with Gasteiger partial charge >= 0.3 is 0 Å². The number of fused-ring (bicyclic) bond motifs is 1. The monoisotopic (exact) mass is 281 g/mol. The van der Waals surface area contributed by atoms with Gasteiger partial charge in [0.1, 0.15) is 17.9 Å². The molecule has 0 saturated carbocycles. The Labute approximate surface area is 121 Å². The molecular weight excluding hydrogens is 269 g/mol. The number of benzene rings is 2. The lowest BCUT2D eigenvalue weighted by Crippen LogP contribution is -2.33. The van der Waals surface area contributed by atoms with Crippen molar-refractivity contribution in [3.63, 3.8) is 0 Å². The number of halogens is 1. The summed E-state index contributed by atoms with van der Waals surface area (Å²) in [6.07, 6.45) is 0.588. The Morgan fingerprint density at radius 1 is 1.33 bits per heavy atom. The normalized spacial score (nSPS) is 15.7. The average Bonchev–Trinajstić information content (AvgIpc) is 2.93. The van der Waals surface area contributed by atoms with Crippen LogP contribution in [-0.4, -0.2) is 11.9 Å². The van der Waals surface area contributed by atoms with Crippen LogP contribution in [0.5, 0.6) is 0 Å². The highest BCUT2D eigenvalue weighted by Crippen LogP contribution is 2.26. The van der Waals surface area contributed by atoms with E-state index in [1.54, 1.807) is 0 Å². The number of hydrogen-bond donors (Lipinski definition) is 2. The van der Waals surface area contributed by atoms with Crippen molar-refractivity contribution in [2.75, 3.05) is 10.6 Å². The van der Waals surface area contributed by atoms with E-state index in [9.17, 15) is 9.18 Å². The number of anilines is 2. The molecule has 1 aliphatic heterocycles. The van der Waals surface area contributed by atoms with Crippen molar-refractivity contribution in [2.24, 2.45) is 0 Å². The van der Waals surface area contributed by atoms with E-state index in [0.717, 1.165) is 17.3 Å². The van der Waals surface area contributed by atoms with Crippen LogP contribution in [0.2, 0.25) is 0 Å². The Morgan fingerprint density at radius 2 is 2.14 bits per heavy atom. The number of amides is 1. The van der Waals surface area contributed by atoms with E-state index >= 15 is 0 Å². The van der Waals surface area contributed by atoms with Gasteiger partial charge in [0.05, 0.1) is 11.3 Å². The number of para-hydroxylation sites is 1. The van der Waals surface area contributed by atoms with Crippen LogP contribution in [0.4, 0.5) is 15.8 Å². The van der Waals surface area contributed by atoms with Crippen LogP contribution >= 0.6 is 0 Å². The summed E-state index contributed by atoms with van der Waals surface area (Å²) in [5, 5.41) is 14.8. The lowest BCUT2D eigenvalue weighted by atomic mass is 10.1. The third-order valence-corrected chi connectivity index (χ3v) is 3.45. The summed E-state index contributed by atoms with van der Waals surface area (Å²) < 4.78 is 13.1. The second-order valence-corrected chi connectivity index (χ2v) is 4.85. The lowest BCUT2D eigenvalue weighted by molar-refractivity contribution is -0.116. The molecule has 104 valence electrons. The van der Waals surface area contributed by atoms with E-state index in [1.807, 2.05) is 30.3 Å². The Hall–Kier alpha value is -2.87. The van der Waals surface area contributed by atoms with Gasteiger partial charge in [0, 0.05) is 12.1 Å². The zero-order valence-corrected chi connectivity index (χ0v) is 11.1. The molecule has 0 radical (unpaired) electrons. The molecular formula is C16H12FN3O. The van der Waals surface area contributed by atoms with Crippen LogP contribution in [0.25, 0.3) is 0 Å². The maximum absolute atomic E-state index is 13.1. The van der Waals surface area contributed by atoms with Crippen molar-refractivity contribution in [1.82, 2.24) is 0 Å². The molecule has 3 rings (SSSR count). The quantitative estimate of drug-likeness (QED) is 0.889. The number of carbonyl (C=O) groups is 1. The number of nitriles is 1. The first kappa shape index (κ1) is 13.1. The molecule has 1 atom stereocenters. The number of carbonyl (C=O) groups excluding carboxylic acids is 1. The van der Waals surface area contributed by atoms with Gasteiger partial charge in [-0.15, -0.1) is 0 Å². The molecule has 0 fully saturated rings. The second-order valence-electron chi connectivity index (χ2n) is 4.85. The molecule has 0 aliphatic carbocycles.